The molecule has 1 heterocycles. The molecule has 0 atom stereocenters. The van der Waals surface area contributed by atoms with Gasteiger partial charge in [0.05, 0.1) is 5.69 Å². The van der Waals surface area contributed by atoms with E-state index in [4.69, 9.17) is 5.11 Å². The van der Waals surface area contributed by atoms with Gasteiger partial charge in [0.15, 0.2) is 5.69 Å². The van der Waals surface area contributed by atoms with Crippen LogP contribution in [-0.4, -0.2) is 20.9 Å². The van der Waals surface area contributed by atoms with Gasteiger partial charge in [0.2, 0.25) is 0 Å². The highest BCUT2D eigenvalue weighted by Gasteiger charge is 2.08. The highest BCUT2D eigenvalue weighted by molar-refractivity contribution is 14.1. The zero-order chi connectivity index (χ0) is 11.7. The quantitative estimate of drug-likeness (QED) is 0.732. The average molecular weight is 440 g/mol. The minimum absolute atomic E-state index is 0.0499. The summed E-state index contributed by atoms with van der Waals surface area (Å²) in [6.07, 6.45) is 1.64. The molecular formula is C10H6I2N2O2. The minimum atomic E-state index is -1.01. The summed E-state index contributed by atoms with van der Waals surface area (Å²) in [5.41, 5.74) is 0.915. The molecule has 1 aromatic heterocycles. The number of nitrogens with zero attached hydrogens (tertiary/aromatic N) is 2. The molecule has 2 aromatic rings. The molecule has 16 heavy (non-hydrogen) atoms. The molecule has 6 heteroatoms. The third-order valence-electron chi connectivity index (χ3n) is 1.92. The van der Waals surface area contributed by atoms with Crippen molar-refractivity contribution in [3.05, 3.63) is 43.3 Å². The molecule has 0 unspecified atom stereocenters. The molecule has 0 aliphatic heterocycles. The van der Waals surface area contributed by atoms with E-state index in [2.05, 4.69) is 50.3 Å². The Morgan fingerprint density at radius 3 is 2.38 bits per heavy atom. The summed E-state index contributed by atoms with van der Waals surface area (Å²) >= 11 is 4.43. The van der Waals surface area contributed by atoms with Crippen LogP contribution in [0.5, 0.6) is 0 Å². The molecule has 4 nitrogen and oxygen atoms in total. The Morgan fingerprint density at radius 1 is 1.25 bits per heavy atom. The first-order valence-electron chi connectivity index (χ1n) is 4.32. The smallest absolute Gasteiger partial charge is 0.356 e. The summed E-state index contributed by atoms with van der Waals surface area (Å²) in [6, 6.07) is 7.41. The van der Waals surface area contributed by atoms with E-state index in [1.807, 2.05) is 18.2 Å². The van der Waals surface area contributed by atoms with Crippen LogP contribution in [0.15, 0.2) is 30.5 Å². The number of carbonyl (C=O) groups is 1. The summed E-state index contributed by atoms with van der Waals surface area (Å²) in [5.74, 6) is -1.01. The highest BCUT2D eigenvalue weighted by Crippen LogP contribution is 2.17. The molecule has 82 valence electrons. The molecular weight excluding hydrogens is 434 g/mol. The van der Waals surface area contributed by atoms with Crippen LogP contribution in [0.4, 0.5) is 0 Å². The standard InChI is InChI=1S/C10H6I2N2O2/c11-6-3-7(12)5-8(4-6)14-2-1-9(13-14)10(15)16/h1-5H,(H,15,16). The van der Waals surface area contributed by atoms with Crippen molar-refractivity contribution in [1.29, 1.82) is 0 Å². The number of hydrogen-bond donors (Lipinski definition) is 1. The second-order valence-corrected chi connectivity index (χ2v) is 5.57. The van der Waals surface area contributed by atoms with Crippen molar-refractivity contribution in [2.75, 3.05) is 0 Å². The van der Waals surface area contributed by atoms with Crippen molar-refractivity contribution in [2.24, 2.45) is 0 Å². The van der Waals surface area contributed by atoms with Crippen molar-refractivity contribution < 1.29 is 9.90 Å². The van der Waals surface area contributed by atoms with E-state index in [0.29, 0.717) is 0 Å². The van der Waals surface area contributed by atoms with Gasteiger partial charge >= 0.3 is 5.97 Å². The first-order chi connectivity index (χ1) is 7.56. The molecule has 0 saturated heterocycles. The summed E-state index contributed by atoms with van der Waals surface area (Å²) in [5, 5.41) is 12.7. The lowest BCUT2D eigenvalue weighted by atomic mass is 10.3. The Labute approximate surface area is 119 Å². The second-order valence-electron chi connectivity index (χ2n) is 3.08. The SMILES string of the molecule is O=C(O)c1ccn(-c2cc(I)cc(I)c2)n1. The van der Waals surface area contributed by atoms with E-state index in [0.717, 1.165) is 12.8 Å². The van der Waals surface area contributed by atoms with E-state index >= 15 is 0 Å². The number of aromatic nitrogens is 2. The van der Waals surface area contributed by atoms with Crippen LogP contribution in [0.2, 0.25) is 0 Å². The topological polar surface area (TPSA) is 55.1 Å². The maximum Gasteiger partial charge on any atom is 0.356 e. The molecule has 0 aliphatic carbocycles. The van der Waals surface area contributed by atoms with E-state index in [9.17, 15) is 4.79 Å². The molecule has 2 rings (SSSR count). The number of carboxylic acids is 1. The lowest BCUT2D eigenvalue weighted by Gasteiger charge is -2.02. The fourth-order valence-corrected chi connectivity index (χ4v) is 3.16. The van der Waals surface area contributed by atoms with Gasteiger partial charge in [0.1, 0.15) is 0 Å². The van der Waals surface area contributed by atoms with E-state index in [1.54, 1.807) is 10.9 Å². The second kappa shape index (κ2) is 4.70. The van der Waals surface area contributed by atoms with Gasteiger partial charge in [-0.1, -0.05) is 0 Å². The van der Waals surface area contributed by atoms with Crippen molar-refractivity contribution >= 4 is 51.2 Å². The first-order valence-corrected chi connectivity index (χ1v) is 6.47. The van der Waals surface area contributed by atoms with E-state index < -0.39 is 5.97 Å². The number of carboxylic acid groups (broad SMARTS) is 1. The molecule has 0 fully saturated rings. The maximum absolute atomic E-state index is 10.7. The predicted octanol–water partition coefficient (Wildman–Crippen LogP) is 2.78. The van der Waals surface area contributed by atoms with Gasteiger partial charge in [-0.2, -0.15) is 5.10 Å². The van der Waals surface area contributed by atoms with Crippen molar-refractivity contribution in [3.63, 3.8) is 0 Å². The van der Waals surface area contributed by atoms with Gasteiger partial charge in [-0.25, -0.2) is 9.48 Å². The molecule has 0 spiro atoms. The Kier molecular flexibility index (Phi) is 3.47. The fraction of sp³-hybridized carbons (Fsp3) is 0. The molecule has 1 N–H and O–H groups in total. The lowest BCUT2D eigenvalue weighted by molar-refractivity contribution is 0.0690. The minimum Gasteiger partial charge on any atom is -0.476 e. The van der Waals surface area contributed by atoms with Crippen LogP contribution in [-0.2, 0) is 0 Å². The average Bonchev–Trinajstić information content (AvgIpc) is 2.64. The zero-order valence-corrected chi connectivity index (χ0v) is 12.2. The van der Waals surface area contributed by atoms with Crippen LogP contribution >= 0.6 is 45.2 Å². The van der Waals surface area contributed by atoms with Gasteiger partial charge in [-0.3, -0.25) is 0 Å². The number of benzene rings is 1. The summed E-state index contributed by atoms with van der Waals surface area (Å²) < 4.78 is 3.74. The first kappa shape index (κ1) is 11.8. The monoisotopic (exact) mass is 440 g/mol. The van der Waals surface area contributed by atoms with Crippen molar-refractivity contribution in [3.8, 4) is 5.69 Å². The fourth-order valence-electron chi connectivity index (χ4n) is 1.25. The van der Waals surface area contributed by atoms with Crippen molar-refractivity contribution in [1.82, 2.24) is 9.78 Å². The number of hydrogen-bond acceptors (Lipinski definition) is 2. The van der Waals surface area contributed by atoms with Gasteiger partial charge in [-0.15, -0.1) is 0 Å². The van der Waals surface area contributed by atoms with Crippen molar-refractivity contribution in [2.45, 2.75) is 0 Å². The molecule has 0 bridgehead atoms. The Morgan fingerprint density at radius 2 is 1.88 bits per heavy atom. The normalized spacial score (nSPS) is 10.4. The summed E-state index contributed by atoms with van der Waals surface area (Å²) in [7, 11) is 0. The largest absolute Gasteiger partial charge is 0.476 e. The van der Waals surface area contributed by atoms with Gasteiger partial charge in [0, 0.05) is 13.3 Å². The van der Waals surface area contributed by atoms with E-state index in [-0.39, 0.29) is 5.69 Å². The zero-order valence-electron chi connectivity index (χ0n) is 7.89. The van der Waals surface area contributed by atoms with E-state index in [1.165, 1.54) is 6.07 Å². The van der Waals surface area contributed by atoms with Crippen LogP contribution < -0.4 is 0 Å². The van der Waals surface area contributed by atoms with Crippen LogP contribution in [0, 0.1) is 7.14 Å². The Hall–Kier alpha value is -0.640. The predicted molar refractivity (Wildman–Crippen MR) is 76.0 cm³/mol. The van der Waals surface area contributed by atoms with Crippen LogP contribution in [0.25, 0.3) is 5.69 Å². The third-order valence-corrected chi connectivity index (χ3v) is 3.17. The molecule has 0 radical (unpaired) electrons. The molecule has 0 saturated carbocycles. The maximum atomic E-state index is 10.7. The number of aromatic carboxylic acids is 1. The Bertz CT molecular complexity index is 531. The van der Waals surface area contributed by atoms with Gasteiger partial charge in [0.25, 0.3) is 0 Å². The van der Waals surface area contributed by atoms with Crippen LogP contribution in [0.1, 0.15) is 10.5 Å². The van der Waals surface area contributed by atoms with Gasteiger partial charge in [-0.05, 0) is 69.4 Å². The Balaban J connectivity index is 2.46. The highest BCUT2D eigenvalue weighted by atomic mass is 127. The number of rotatable bonds is 2. The lowest BCUT2D eigenvalue weighted by Crippen LogP contribution is -2.01. The molecule has 1 aromatic carbocycles. The summed E-state index contributed by atoms with van der Waals surface area (Å²) in [6.45, 7) is 0. The third kappa shape index (κ3) is 2.54. The van der Waals surface area contributed by atoms with Gasteiger partial charge < -0.3 is 5.11 Å². The summed E-state index contributed by atoms with van der Waals surface area (Å²) in [4.78, 5) is 10.7. The molecule has 0 amide bonds. The number of halogens is 2. The molecule has 0 aliphatic rings. The van der Waals surface area contributed by atoms with Crippen LogP contribution in [0.3, 0.4) is 0 Å².